The summed E-state index contributed by atoms with van der Waals surface area (Å²) in [6, 6.07) is 7.54. The number of carbonyl (C=O) groups is 1. The molecule has 1 saturated heterocycles. The molecular weight excluding hydrogens is 346 g/mol. The Morgan fingerprint density at radius 2 is 2.07 bits per heavy atom. The standard InChI is InChI=1S/C19H25N5O3/c1-23(2)17-11-20-12-18(22-17)27-16-8-9-24(13-16)19(25)21-10-14-4-6-15(26-3)7-5-14/h4-7,11-12,16H,8-10,13H2,1-3H3,(H,21,25). The lowest BCUT2D eigenvalue weighted by atomic mass is 10.2. The molecule has 1 fully saturated rings. The van der Waals surface area contributed by atoms with Crippen molar-refractivity contribution >= 4 is 11.8 Å². The number of nitrogens with one attached hydrogen (secondary N) is 1. The Balaban J connectivity index is 1.48. The summed E-state index contributed by atoms with van der Waals surface area (Å²) in [5, 5.41) is 2.94. The van der Waals surface area contributed by atoms with Gasteiger partial charge in [-0.15, -0.1) is 0 Å². The smallest absolute Gasteiger partial charge is 0.317 e. The van der Waals surface area contributed by atoms with Crippen molar-refractivity contribution in [1.82, 2.24) is 20.2 Å². The van der Waals surface area contributed by atoms with Gasteiger partial charge in [-0.2, -0.15) is 4.98 Å². The van der Waals surface area contributed by atoms with Gasteiger partial charge < -0.3 is 24.6 Å². The normalized spacial score (nSPS) is 16.1. The zero-order valence-corrected chi connectivity index (χ0v) is 15.9. The van der Waals surface area contributed by atoms with Crippen molar-refractivity contribution in [2.45, 2.75) is 19.1 Å². The summed E-state index contributed by atoms with van der Waals surface area (Å²) in [5.41, 5.74) is 1.02. The van der Waals surface area contributed by atoms with Crippen molar-refractivity contribution in [1.29, 1.82) is 0 Å². The molecule has 0 radical (unpaired) electrons. The maximum Gasteiger partial charge on any atom is 0.317 e. The monoisotopic (exact) mass is 371 g/mol. The summed E-state index contributed by atoms with van der Waals surface area (Å²) < 4.78 is 11.0. The Morgan fingerprint density at radius 3 is 2.78 bits per heavy atom. The number of nitrogens with zero attached hydrogens (tertiary/aromatic N) is 4. The molecule has 3 rings (SSSR count). The summed E-state index contributed by atoms with van der Waals surface area (Å²) in [6.45, 7) is 1.66. The third kappa shape index (κ3) is 4.99. The number of amides is 2. The number of likely N-dealkylation sites (tertiary alicyclic amines) is 1. The van der Waals surface area contributed by atoms with E-state index in [1.807, 2.05) is 43.3 Å². The molecule has 27 heavy (non-hydrogen) atoms. The van der Waals surface area contributed by atoms with Crippen LogP contribution in [0.25, 0.3) is 0 Å². The number of aromatic nitrogens is 2. The number of carbonyl (C=O) groups excluding carboxylic acids is 1. The molecule has 1 atom stereocenters. The number of urea groups is 1. The van der Waals surface area contributed by atoms with Gasteiger partial charge in [0, 0.05) is 33.6 Å². The number of hydrogen-bond acceptors (Lipinski definition) is 6. The molecule has 1 aromatic heterocycles. The van der Waals surface area contributed by atoms with Crippen LogP contribution < -0.4 is 19.7 Å². The molecule has 1 unspecified atom stereocenters. The molecule has 144 valence electrons. The second-order valence-corrected chi connectivity index (χ2v) is 6.59. The molecule has 8 nitrogen and oxygen atoms in total. The Morgan fingerprint density at radius 1 is 1.30 bits per heavy atom. The van der Waals surface area contributed by atoms with Gasteiger partial charge in [-0.3, -0.25) is 4.98 Å². The summed E-state index contributed by atoms with van der Waals surface area (Å²) >= 11 is 0. The SMILES string of the molecule is COc1ccc(CNC(=O)N2CCC(Oc3cncc(N(C)C)n3)C2)cc1. The fourth-order valence-corrected chi connectivity index (χ4v) is 2.82. The Hall–Kier alpha value is -3.03. The van der Waals surface area contributed by atoms with Crippen LogP contribution in [0.5, 0.6) is 11.6 Å². The summed E-state index contributed by atoms with van der Waals surface area (Å²) in [5.74, 6) is 2.01. The Kier molecular flexibility index (Phi) is 5.95. The topological polar surface area (TPSA) is 79.8 Å². The quantitative estimate of drug-likeness (QED) is 0.836. The summed E-state index contributed by atoms with van der Waals surface area (Å²) in [4.78, 5) is 24.6. The minimum Gasteiger partial charge on any atom is -0.497 e. The zero-order valence-electron chi connectivity index (χ0n) is 15.9. The number of methoxy groups -OCH3 is 1. The first-order valence-corrected chi connectivity index (χ1v) is 8.87. The van der Waals surface area contributed by atoms with Gasteiger partial charge in [0.1, 0.15) is 11.9 Å². The van der Waals surface area contributed by atoms with Crippen LogP contribution in [0, 0.1) is 0 Å². The summed E-state index contributed by atoms with van der Waals surface area (Å²) in [6.07, 6.45) is 3.97. The molecule has 2 aromatic rings. The zero-order chi connectivity index (χ0) is 19.2. The van der Waals surface area contributed by atoms with Crippen molar-refractivity contribution in [2.75, 3.05) is 39.2 Å². The largest absolute Gasteiger partial charge is 0.497 e. The third-order valence-corrected chi connectivity index (χ3v) is 4.38. The number of benzene rings is 1. The van der Waals surface area contributed by atoms with Crippen molar-refractivity contribution in [3.8, 4) is 11.6 Å². The molecule has 0 bridgehead atoms. The molecule has 1 N–H and O–H groups in total. The van der Waals surface area contributed by atoms with Crippen molar-refractivity contribution in [3.63, 3.8) is 0 Å². The van der Waals surface area contributed by atoms with E-state index in [4.69, 9.17) is 9.47 Å². The van der Waals surface area contributed by atoms with Crippen LogP contribution >= 0.6 is 0 Å². The number of anilines is 1. The van der Waals surface area contributed by atoms with Gasteiger partial charge >= 0.3 is 6.03 Å². The highest BCUT2D eigenvalue weighted by Gasteiger charge is 2.28. The Labute approximate surface area is 159 Å². The van der Waals surface area contributed by atoms with E-state index in [1.165, 1.54) is 0 Å². The molecule has 0 saturated carbocycles. The summed E-state index contributed by atoms with van der Waals surface area (Å²) in [7, 11) is 5.43. The predicted octanol–water partition coefficient (Wildman–Crippen LogP) is 1.91. The highest BCUT2D eigenvalue weighted by Crippen LogP contribution is 2.18. The van der Waals surface area contributed by atoms with E-state index in [0.717, 1.165) is 23.6 Å². The van der Waals surface area contributed by atoms with Crippen LogP contribution in [0.3, 0.4) is 0 Å². The minimum atomic E-state index is -0.0926. The second-order valence-electron chi connectivity index (χ2n) is 6.59. The van der Waals surface area contributed by atoms with E-state index in [9.17, 15) is 4.79 Å². The molecule has 2 amide bonds. The lowest BCUT2D eigenvalue weighted by molar-refractivity contribution is 0.182. The highest BCUT2D eigenvalue weighted by atomic mass is 16.5. The van der Waals surface area contributed by atoms with Crippen LogP contribution in [0.4, 0.5) is 10.6 Å². The maximum absolute atomic E-state index is 12.4. The molecule has 1 aliphatic heterocycles. The lowest BCUT2D eigenvalue weighted by Gasteiger charge is -2.18. The van der Waals surface area contributed by atoms with Crippen LogP contribution in [0.2, 0.25) is 0 Å². The first-order chi connectivity index (χ1) is 13.0. The van der Waals surface area contributed by atoms with Gasteiger partial charge in [-0.05, 0) is 17.7 Å². The van der Waals surface area contributed by atoms with Gasteiger partial charge in [0.25, 0.3) is 0 Å². The second kappa shape index (κ2) is 8.57. The first kappa shape index (κ1) is 18.8. The van der Waals surface area contributed by atoms with Gasteiger partial charge in [-0.1, -0.05) is 12.1 Å². The fourth-order valence-electron chi connectivity index (χ4n) is 2.82. The van der Waals surface area contributed by atoms with Crippen LogP contribution in [-0.4, -0.2) is 61.3 Å². The molecular formula is C19H25N5O3. The molecule has 1 aromatic carbocycles. The fraction of sp³-hybridized carbons (Fsp3) is 0.421. The average molecular weight is 371 g/mol. The maximum atomic E-state index is 12.4. The highest BCUT2D eigenvalue weighted by molar-refractivity contribution is 5.74. The van der Waals surface area contributed by atoms with Crippen molar-refractivity contribution < 1.29 is 14.3 Å². The van der Waals surface area contributed by atoms with Gasteiger partial charge in [0.15, 0.2) is 5.82 Å². The van der Waals surface area contributed by atoms with Gasteiger partial charge in [0.2, 0.25) is 5.88 Å². The van der Waals surface area contributed by atoms with E-state index < -0.39 is 0 Å². The van der Waals surface area contributed by atoms with Crippen LogP contribution in [0.1, 0.15) is 12.0 Å². The molecule has 1 aliphatic rings. The molecule has 2 heterocycles. The number of hydrogen-bond donors (Lipinski definition) is 1. The Bertz CT molecular complexity index is 766. The predicted molar refractivity (Wildman–Crippen MR) is 102 cm³/mol. The number of rotatable bonds is 6. The van der Waals surface area contributed by atoms with Crippen LogP contribution in [0.15, 0.2) is 36.7 Å². The molecule has 0 spiro atoms. The van der Waals surface area contributed by atoms with Crippen LogP contribution in [-0.2, 0) is 6.54 Å². The average Bonchev–Trinajstić information content (AvgIpc) is 3.15. The van der Waals surface area contributed by atoms with E-state index in [0.29, 0.717) is 25.5 Å². The minimum absolute atomic E-state index is 0.0801. The van der Waals surface area contributed by atoms with E-state index in [2.05, 4.69) is 15.3 Å². The lowest BCUT2D eigenvalue weighted by Crippen LogP contribution is -2.39. The molecule has 8 heteroatoms. The first-order valence-electron chi connectivity index (χ1n) is 8.87. The molecule has 0 aliphatic carbocycles. The number of ether oxygens (including phenoxy) is 2. The van der Waals surface area contributed by atoms with Gasteiger partial charge in [-0.25, -0.2) is 4.79 Å². The van der Waals surface area contributed by atoms with Gasteiger partial charge in [0.05, 0.1) is 26.0 Å². The van der Waals surface area contributed by atoms with Crippen molar-refractivity contribution in [2.24, 2.45) is 0 Å². The van der Waals surface area contributed by atoms with Crippen molar-refractivity contribution in [3.05, 3.63) is 42.2 Å². The third-order valence-electron chi connectivity index (χ3n) is 4.38. The van der Waals surface area contributed by atoms with E-state index in [-0.39, 0.29) is 12.1 Å². The van der Waals surface area contributed by atoms with E-state index >= 15 is 0 Å². The van der Waals surface area contributed by atoms with E-state index in [1.54, 1.807) is 24.4 Å².